The minimum absolute atomic E-state index is 0.0539. The van der Waals surface area contributed by atoms with Gasteiger partial charge in [0.15, 0.2) is 0 Å². The molecule has 2 bridgehead atoms. The molecule has 4 rings (SSSR count). The number of esters is 1. The van der Waals surface area contributed by atoms with Gasteiger partial charge in [-0.25, -0.2) is 0 Å². The zero-order chi connectivity index (χ0) is 17.8. The fraction of sp³-hybridized carbons (Fsp3) is 0.500. The molecule has 0 N–H and O–H groups in total. The van der Waals surface area contributed by atoms with Gasteiger partial charge in [-0.2, -0.15) is 0 Å². The molecule has 0 aromatic heterocycles. The first kappa shape index (κ1) is 16.3. The molecule has 0 radical (unpaired) electrons. The number of carbonyl (C=O) groups excluding carboxylic acids is 2. The molecule has 2 saturated heterocycles. The number of anilines is 1. The van der Waals surface area contributed by atoms with E-state index >= 15 is 0 Å². The van der Waals surface area contributed by atoms with Crippen LogP contribution in [-0.2, 0) is 25.5 Å². The quantitative estimate of drug-likeness (QED) is 0.624. The number of fused-ring (bicyclic) bond motifs is 1. The lowest BCUT2D eigenvalue weighted by molar-refractivity contribution is -0.156. The van der Waals surface area contributed by atoms with Crippen molar-refractivity contribution >= 4 is 17.6 Å². The Morgan fingerprint density at radius 1 is 1.36 bits per heavy atom. The standard InChI is InChI=1S/C20H23NO4/c1-4-13-5-7-14(8-6-13)21-11-20-10-9-15(25-20)16(17(20)18(21)22)19(23)24-12(2)3/h5-10,12,15-17H,4,11H2,1-3H3/t15-,16-,17-,20-/m1/s1. The van der Waals surface area contributed by atoms with Gasteiger partial charge < -0.3 is 14.4 Å². The Morgan fingerprint density at radius 3 is 2.72 bits per heavy atom. The van der Waals surface area contributed by atoms with Crippen molar-refractivity contribution < 1.29 is 19.1 Å². The topological polar surface area (TPSA) is 55.8 Å². The number of nitrogens with zero attached hydrogens (tertiary/aromatic N) is 1. The number of hydrogen-bond donors (Lipinski definition) is 0. The number of hydrogen-bond acceptors (Lipinski definition) is 4. The first-order valence-electron chi connectivity index (χ1n) is 8.93. The van der Waals surface area contributed by atoms with Crippen LogP contribution in [0.15, 0.2) is 36.4 Å². The lowest BCUT2D eigenvalue weighted by Crippen LogP contribution is -2.40. The fourth-order valence-corrected chi connectivity index (χ4v) is 4.21. The highest BCUT2D eigenvalue weighted by atomic mass is 16.6. The van der Waals surface area contributed by atoms with Crippen molar-refractivity contribution in [3.05, 3.63) is 42.0 Å². The molecule has 3 heterocycles. The Labute approximate surface area is 147 Å². The highest BCUT2D eigenvalue weighted by Crippen LogP contribution is 2.52. The van der Waals surface area contributed by atoms with Crippen molar-refractivity contribution in [2.24, 2.45) is 11.8 Å². The number of aryl methyl sites for hydroxylation is 1. The molecule has 1 spiro atoms. The van der Waals surface area contributed by atoms with Crippen LogP contribution in [0.4, 0.5) is 5.69 Å². The Morgan fingerprint density at radius 2 is 2.08 bits per heavy atom. The van der Waals surface area contributed by atoms with E-state index in [1.165, 1.54) is 5.56 Å². The first-order valence-corrected chi connectivity index (χ1v) is 8.93. The van der Waals surface area contributed by atoms with Crippen LogP contribution < -0.4 is 4.90 Å². The Hall–Kier alpha value is -2.14. The van der Waals surface area contributed by atoms with Gasteiger partial charge in [0.2, 0.25) is 5.91 Å². The van der Waals surface area contributed by atoms with Crippen molar-refractivity contribution in [1.82, 2.24) is 0 Å². The molecule has 25 heavy (non-hydrogen) atoms. The second kappa shape index (κ2) is 5.70. The van der Waals surface area contributed by atoms with E-state index in [-0.39, 0.29) is 24.1 Å². The summed E-state index contributed by atoms with van der Waals surface area (Å²) in [5.74, 6) is -1.45. The van der Waals surface area contributed by atoms with Crippen molar-refractivity contribution in [2.45, 2.75) is 45.0 Å². The first-order chi connectivity index (χ1) is 11.9. The van der Waals surface area contributed by atoms with E-state index in [1.807, 2.05) is 50.3 Å². The van der Waals surface area contributed by atoms with Gasteiger partial charge in [-0.05, 0) is 38.0 Å². The highest BCUT2D eigenvalue weighted by molar-refractivity contribution is 6.02. The summed E-state index contributed by atoms with van der Waals surface area (Å²) in [6, 6.07) is 8.00. The number of carbonyl (C=O) groups is 2. The molecule has 5 heteroatoms. The van der Waals surface area contributed by atoms with E-state index in [0.717, 1.165) is 12.1 Å². The molecule has 5 nitrogen and oxygen atoms in total. The maximum Gasteiger partial charge on any atom is 0.313 e. The summed E-state index contributed by atoms with van der Waals surface area (Å²) in [6.07, 6.45) is 4.25. The third-order valence-electron chi connectivity index (χ3n) is 5.38. The smallest absolute Gasteiger partial charge is 0.313 e. The highest BCUT2D eigenvalue weighted by Gasteiger charge is 2.67. The summed E-state index contributed by atoms with van der Waals surface area (Å²) in [5.41, 5.74) is 1.37. The minimum Gasteiger partial charge on any atom is -0.463 e. The summed E-state index contributed by atoms with van der Waals surface area (Å²) in [4.78, 5) is 27.4. The molecule has 1 aromatic carbocycles. The molecule has 3 aliphatic heterocycles. The van der Waals surface area contributed by atoms with Crippen LogP contribution in [0.3, 0.4) is 0 Å². The van der Waals surface area contributed by atoms with Gasteiger partial charge in [0.25, 0.3) is 0 Å². The van der Waals surface area contributed by atoms with Crippen molar-refractivity contribution in [3.63, 3.8) is 0 Å². The predicted molar refractivity (Wildman–Crippen MR) is 93.1 cm³/mol. The van der Waals surface area contributed by atoms with Gasteiger partial charge in [0, 0.05) is 5.69 Å². The minimum atomic E-state index is -0.703. The molecule has 132 valence electrons. The van der Waals surface area contributed by atoms with Gasteiger partial charge in [0.1, 0.15) is 11.5 Å². The zero-order valence-electron chi connectivity index (χ0n) is 14.8. The summed E-state index contributed by atoms with van der Waals surface area (Å²) in [5, 5.41) is 0. The number of rotatable bonds is 4. The third kappa shape index (κ3) is 2.41. The number of ether oxygens (including phenoxy) is 2. The Kier molecular flexibility index (Phi) is 3.72. The van der Waals surface area contributed by atoms with Gasteiger partial charge in [-0.3, -0.25) is 9.59 Å². The van der Waals surface area contributed by atoms with Crippen LogP contribution in [0.1, 0.15) is 26.3 Å². The second-order valence-corrected chi connectivity index (χ2v) is 7.33. The molecule has 3 aliphatic rings. The second-order valence-electron chi connectivity index (χ2n) is 7.33. The van der Waals surface area contributed by atoms with Gasteiger partial charge in [0.05, 0.1) is 24.7 Å². The average Bonchev–Trinajstić information content (AvgIpc) is 3.22. The van der Waals surface area contributed by atoms with Crippen LogP contribution in [-0.4, -0.2) is 36.2 Å². The van der Waals surface area contributed by atoms with Crippen molar-refractivity contribution in [2.75, 3.05) is 11.4 Å². The maximum absolute atomic E-state index is 13.1. The van der Waals surface area contributed by atoms with E-state index in [1.54, 1.807) is 4.90 Å². The Balaban J connectivity index is 1.64. The Bertz CT molecular complexity index is 739. The summed E-state index contributed by atoms with van der Waals surface area (Å²) < 4.78 is 11.5. The summed E-state index contributed by atoms with van der Waals surface area (Å²) in [6.45, 7) is 6.17. The van der Waals surface area contributed by atoms with Crippen LogP contribution in [0, 0.1) is 11.8 Å². The van der Waals surface area contributed by atoms with E-state index in [9.17, 15) is 9.59 Å². The largest absolute Gasteiger partial charge is 0.463 e. The van der Waals surface area contributed by atoms with Crippen molar-refractivity contribution in [1.29, 1.82) is 0 Å². The monoisotopic (exact) mass is 341 g/mol. The van der Waals surface area contributed by atoms with Crippen LogP contribution in [0.25, 0.3) is 0 Å². The molecule has 1 aromatic rings. The molecular weight excluding hydrogens is 318 g/mol. The zero-order valence-corrected chi connectivity index (χ0v) is 14.8. The van der Waals surface area contributed by atoms with Crippen LogP contribution in [0.2, 0.25) is 0 Å². The van der Waals surface area contributed by atoms with E-state index in [2.05, 4.69) is 6.92 Å². The molecule has 2 fully saturated rings. The fourth-order valence-electron chi connectivity index (χ4n) is 4.21. The molecule has 0 saturated carbocycles. The van der Waals surface area contributed by atoms with Gasteiger partial charge in [-0.1, -0.05) is 31.2 Å². The molecule has 1 amide bonds. The maximum atomic E-state index is 13.1. The molecule has 0 aliphatic carbocycles. The predicted octanol–water partition coefficient (Wildman–Crippen LogP) is 2.49. The van der Waals surface area contributed by atoms with Crippen LogP contribution in [0.5, 0.6) is 0 Å². The van der Waals surface area contributed by atoms with E-state index < -0.39 is 17.4 Å². The SMILES string of the molecule is CCc1ccc(N2C[C@@]34C=C[C@@H](O3)[C@@H](C(=O)OC(C)C)[C@@H]4C2=O)cc1. The molecular formula is C20H23NO4. The average molecular weight is 341 g/mol. The third-order valence-corrected chi connectivity index (χ3v) is 5.38. The lowest BCUT2D eigenvalue weighted by Gasteiger charge is -2.23. The van der Waals surface area contributed by atoms with E-state index in [4.69, 9.17) is 9.47 Å². The van der Waals surface area contributed by atoms with Crippen LogP contribution >= 0.6 is 0 Å². The van der Waals surface area contributed by atoms with Gasteiger partial charge >= 0.3 is 5.97 Å². The molecule has 4 atom stereocenters. The summed E-state index contributed by atoms with van der Waals surface area (Å²) in [7, 11) is 0. The van der Waals surface area contributed by atoms with E-state index in [0.29, 0.717) is 6.54 Å². The normalized spacial score (nSPS) is 32.6. The van der Waals surface area contributed by atoms with Crippen molar-refractivity contribution in [3.8, 4) is 0 Å². The number of amides is 1. The molecule has 0 unspecified atom stereocenters. The lowest BCUT2D eigenvalue weighted by atomic mass is 9.77. The number of benzene rings is 1. The van der Waals surface area contributed by atoms with Gasteiger partial charge in [-0.15, -0.1) is 0 Å². The summed E-state index contributed by atoms with van der Waals surface area (Å²) >= 11 is 0.